The predicted octanol–water partition coefficient (Wildman–Crippen LogP) is 2.50. The molecule has 1 saturated heterocycles. The molecule has 24 heavy (non-hydrogen) atoms. The number of nitrogens with one attached hydrogen (secondary N) is 2. The zero-order chi connectivity index (χ0) is 16.8. The first-order valence-electron chi connectivity index (χ1n) is 8.24. The number of hydrogen-bond acceptors (Lipinski definition) is 5. The summed E-state index contributed by atoms with van der Waals surface area (Å²) in [6.07, 6.45) is 1.72. The van der Waals surface area contributed by atoms with E-state index in [0.29, 0.717) is 19.0 Å². The molecule has 1 fully saturated rings. The molecular formula is C17H22N4O2S. The Morgan fingerprint density at radius 2 is 2.29 bits per heavy atom. The second-order valence-corrected chi connectivity index (χ2v) is 7.02. The highest BCUT2D eigenvalue weighted by atomic mass is 32.2. The van der Waals surface area contributed by atoms with E-state index in [1.54, 1.807) is 11.8 Å². The number of aromatic nitrogens is 3. The van der Waals surface area contributed by atoms with Gasteiger partial charge in [-0.15, -0.1) is 11.8 Å². The molecule has 2 atom stereocenters. The number of benzene rings is 1. The molecule has 3 rings (SSSR count). The molecule has 2 heterocycles. The molecule has 0 saturated carbocycles. The summed E-state index contributed by atoms with van der Waals surface area (Å²) in [6.45, 7) is 3.83. The maximum Gasteiger partial charge on any atom is 0.233 e. The third kappa shape index (κ3) is 4.36. The van der Waals surface area contributed by atoms with Gasteiger partial charge in [-0.3, -0.25) is 9.89 Å². The van der Waals surface area contributed by atoms with Crippen LogP contribution in [0.4, 0.5) is 0 Å². The molecule has 0 bridgehead atoms. The van der Waals surface area contributed by atoms with Crippen LogP contribution < -0.4 is 5.32 Å². The summed E-state index contributed by atoms with van der Waals surface area (Å²) in [7, 11) is 0. The first kappa shape index (κ1) is 17.0. The molecule has 1 aromatic heterocycles. The second kappa shape index (κ2) is 8.30. The molecule has 6 nitrogen and oxygen atoms in total. The van der Waals surface area contributed by atoms with Gasteiger partial charge in [-0.25, -0.2) is 4.98 Å². The second-order valence-electron chi connectivity index (χ2n) is 5.75. The van der Waals surface area contributed by atoms with E-state index in [0.717, 1.165) is 30.2 Å². The van der Waals surface area contributed by atoms with Crippen LogP contribution in [-0.4, -0.2) is 39.6 Å². The number of rotatable bonds is 7. The lowest BCUT2D eigenvalue weighted by Crippen LogP contribution is -2.32. The third-order valence-corrected chi connectivity index (χ3v) is 5.33. The minimum Gasteiger partial charge on any atom is -0.381 e. The van der Waals surface area contributed by atoms with Crippen LogP contribution in [-0.2, 0) is 16.1 Å². The maximum atomic E-state index is 12.4. The van der Waals surface area contributed by atoms with Gasteiger partial charge < -0.3 is 10.1 Å². The molecule has 0 radical (unpaired) electrons. The fraction of sp³-hybridized carbons (Fsp3) is 0.471. The molecule has 1 aliphatic rings. The van der Waals surface area contributed by atoms with Crippen molar-refractivity contribution in [3.8, 4) is 0 Å². The van der Waals surface area contributed by atoms with Gasteiger partial charge in [0.05, 0.1) is 18.4 Å². The van der Waals surface area contributed by atoms with E-state index >= 15 is 0 Å². The summed E-state index contributed by atoms with van der Waals surface area (Å²) < 4.78 is 5.36. The van der Waals surface area contributed by atoms with Gasteiger partial charge in [-0.05, 0) is 25.0 Å². The summed E-state index contributed by atoms with van der Waals surface area (Å²) >= 11 is 1.58. The topological polar surface area (TPSA) is 79.9 Å². The highest BCUT2D eigenvalue weighted by Gasteiger charge is 2.22. The van der Waals surface area contributed by atoms with E-state index in [1.807, 2.05) is 37.3 Å². The molecular weight excluding hydrogens is 324 g/mol. The van der Waals surface area contributed by atoms with Crippen LogP contribution in [0, 0.1) is 0 Å². The minimum atomic E-state index is -0.113. The first-order valence-corrected chi connectivity index (χ1v) is 9.12. The molecule has 1 amide bonds. The van der Waals surface area contributed by atoms with E-state index in [4.69, 9.17) is 4.74 Å². The Hall–Kier alpha value is -1.86. The number of amides is 1. The van der Waals surface area contributed by atoms with E-state index in [1.165, 1.54) is 0 Å². The number of thioether (sulfide) groups is 1. The van der Waals surface area contributed by atoms with Crippen molar-refractivity contribution in [1.29, 1.82) is 0 Å². The Labute approximate surface area is 145 Å². The lowest BCUT2D eigenvalue weighted by molar-refractivity contribution is -0.120. The van der Waals surface area contributed by atoms with Gasteiger partial charge in [-0.2, -0.15) is 5.10 Å². The normalized spacial score (nSPS) is 18.5. The van der Waals surface area contributed by atoms with Gasteiger partial charge >= 0.3 is 0 Å². The molecule has 7 heteroatoms. The number of nitrogens with zero attached hydrogens (tertiary/aromatic N) is 2. The van der Waals surface area contributed by atoms with Crippen molar-refractivity contribution in [2.45, 2.75) is 42.4 Å². The van der Waals surface area contributed by atoms with Crippen LogP contribution in [0.3, 0.4) is 0 Å². The van der Waals surface area contributed by atoms with Crippen LogP contribution in [0.25, 0.3) is 0 Å². The van der Waals surface area contributed by atoms with E-state index in [-0.39, 0.29) is 17.1 Å². The van der Waals surface area contributed by atoms with Crippen LogP contribution in [0.15, 0.2) is 35.2 Å². The van der Waals surface area contributed by atoms with Crippen molar-refractivity contribution in [3.63, 3.8) is 0 Å². The van der Waals surface area contributed by atoms with Crippen molar-refractivity contribution < 1.29 is 9.53 Å². The SMILES string of the molecule is CC[C@H](Sc1ccccc1)C(=O)NCc1nc([C@@H]2CCOC2)n[nH]1. The Morgan fingerprint density at radius 3 is 3.00 bits per heavy atom. The molecule has 0 spiro atoms. The van der Waals surface area contributed by atoms with Crippen molar-refractivity contribution in [2.75, 3.05) is 13.2 Å². The minimum absolute atomic E-state index is 0.0218. The Morgan fingerprint density at radius 1 is 1.46 bits per heavy atom. The molecule has 1 aliphatic heterocycles. The average Bonchev–Trinajstić information content (AvgIpc) is 3.29. The molecule has 128 valence electrons. The van der Waals surface area contributed by atoms with Crippen molar-refractivity contribution in [3.05, 3.63) is 42.0 Å². The Bertz CT molecular complexity index is 656. The number of hydrogen-bond donors (Lipinski definition) is 2. The number of aromatic amines is 1. The zero-order valence-corrected chi connectivity index (χ0v) is 14.5. The Kier molecular flexibility index (Phi) is 5.87. The van der Waals surface area contributed by atoms with Gasteiger partial charge in [0.15, 0.2) is 5.82 Å². The number of carbonyl (C=O) groups excluding carboxylic acids is 1. The van der Waals surface area contributed by atoms with Gasteiger partial charge in [-0.1, -0.05) is 25.1 Å². The lowest BCUT2D eigenvalue weighted by atomic mass is 10.1. The standard InChI is InChI=1S/C17H22N4O2S/c1-2-14(24-13-6-4-3-5-7-13)17(22)18-10-15-19-16(21-20-15)12-8-9-23-11-12/h3-7,12,14H,2,8-11H2,1H3,(H,18,22)(H,19,20,21)/t12-,14+/m1/s1. The quantitative estimate of drug-likeness (QED) is 0.753. The molecule has 0 aliphatic carbocycles. The summed E-state index contributed by atoms with van der Waals surface area (Å²) in [5, 5.41) is 9.98. The molecule has 1 aromatic carbocycles. The maximum absolute atomic E-state index is 12.4. The first-order chi connectivity index (χ1) is 11.8. The zero-order valence-electron chi connectivity index (χ0n) is 13.7. The van der Waals surface area contributed by atoms with E-state index < -0.39 is 0 Å². The van der Waals surface area contributed by atoms with Crippen LogP contribution >= 0.6 is 11.8 Å². The summed E-state index contributed by atoms with van der Waals surface area (Å²) in [5.41, 5.74) is 0. The fourth-order valence-corrected chi connectivity index (χ4v) is 3.58. The van der Waals surface area contributed by atoms with Crippen LogP contribution in [0.5, 0.6) is 0 Å². The monoisotopic (exact) mass is 346 g/mol. The smallest absolute Gasteiger partial charge is 0.233 e. The summed E-state index contributed by atoms with van der Waals surface area (Å²) in [5.74, 6) is 1.75. The highest BCUT2D eigenvalue weighted by molar-refractivity contribution is 8.00. The van der Waals surface area contributed by atoms with Gasteiger partial charge in [0.25, 0.3) is 0 Å². The van der Waals surface area contributed by atoms with Crippen molar-refractivity contribution >= 4 is 17.7 Å². The van der Waals surface area contributed by atoms with Crippen LogP contribution in [0.2, 0.25) is 0 Å². The van der Waals surface area contributed by atoms with Gasteiger partial charge in [0, 0.05) is 17.4 Å². The van der Waals surface area contributed by atoms with Crippen molar-refractivity contribution in [2.24, 2.45) is 0 Å². The number of carbonyl (C=O) groups is 1. The fourth-order valence-electron chi connectivity index (χ4n) is 2.58. The molecule has 2 N–H and O–H groups in total. The van der Waals surface area contributed by atoms with Gasteiger partial charge in [0.2, 0.25) is 5.91 Å². The number of ether oxygens (including phenoxy) is 1. The van der Waals surface area contributed by atoms with Crippen LogP contribution in [0.1, 0.15) is 37.3 Å². The lowest BCUT2D eigenvalue weighted by Gasteiger charge is -2.14. The van der Waals surface area contributed by atoms with Gasteiger partial charge in [0.1, 0.15) is 5.82 Å². The predicted molar refractivity (Wildman–Crippen MR) is 92.8 cm³/mol. The van der Waals surface area contributed by atoms with E-state index in [2.05, 4.69) is 20.5 Å². The van der Waals surface area contributed by atoms with E-state index in [9.17, 15) is 4.79 Å². The molecule has 0 unspecified atom stereocenters. The third-order valence-electron chi connectivity index (χ3n) is 3.96. The Balaban J connectivity index is 1.52. The largest absolute Gasteiger partial charge is 0.381 e. The van der Waals surface area contributed by atoms with Crippen molar-refractivity contribution in [1.82, 2.24) is 20.5 Å². The molecule has 2 aromatic rings. The highest BCUT2D eigenvalue weighted by Crippen LogP contribution is 2.25. The average molecular weight is 346 g/mol. The summed E-state index contributed by atoms with van der Waals surface area (Å²) in [4.78, 5) is 18.0. The number of H-pyrrole nitrogens is 1. The summed E-state index contributed by atoms with van der Waals surface area (Å²) in [6, 6.07) is 9.98.